The number of rotatable bonds is 3. The van der Waals surface area contributed by atoms with Crippen molar-refractivity contribution in [3.05, 3.63) is 83.9 Å². The van der Waals surface area contributed by atoms with Gasteiger partial charge in [0, 0.05) is 5.41 Å². The van der Waals surface area contributed by atoms with Gasteiger partial charge in [0.05, 0.1) is 5.56 Å². The molecule has 0 radical (unpaired) electrons. The molecular formula is C21H20O2. The van der Waals surface area contributed by atoms with Gasteiger partial charge in [0.2, 0.25) is 0 Å². The molecule has 3 aromatic rings. The van der Waals surface area contributed by atoms with Crippen LogP contribution >= 0.6 is 0 Å². The predicted molar refractivity (Wildman–Crippen MR) is 93.8 cm³/mol. The zero-order valence-electron chi connectivity index (χ0n) is 13.3. The molecule has 0 saturated heterocycles. The molecule has 2 nitrogen and oxygen atoms in total. The van der Waals surface area contributed by atoms with E-state index in [1.807, 2.05) is 48.5 Å². The fourth-order valence-electron chi connectivity index (χ4n) is 2.89. The number of phenols is 2. The Morgan fingerprint density at radius 3 is 1.65 bits per heavy atom. The molecule has 0 saturated carbocycles. The van der Waals surface area contributed by atoms with Gasteiger partial charge in [0.25, 0.3) is 0 Å². The zero-order chi connectivity index (χ0) is 16.4. The summed E-state index contributed by atoms with van der Waals surface area (Å²) in [5.41, 5.74) is 2.96. The number of hydrogen-bond acceptors (Lipinski definition) is 2. The van der Waals surface area contributed by atoms with Crippen LogP contribution in [-0.4, -0.2) is 10.2 Å². The first-order valence-corrected chi connectivity index (χ1v) is 7.67. The van der Waals surface area contributed by atoms with Crippen LogP contribution in [0.1, 0.15) is 25.0 Å². The Balaban J connectivity index is 2.10. The maximum absolute atomic E-state index is 10.5. The van der Waals surface area contributed by atoms with Crippen LogP contribution < -0.4 is 0 Å². The normalized spacial score (nSPS) is 11.4. The van der Waals surface area contributed by atoms with Gasteiger partial charge >= 0.3 is 0 Å². The highest BCUT2D eigenvalue weighted by Gasteiger charge is 2.25. The maximum Gasteiger partial charge on any atom is 0.127 e. The van der Waals surface area contributed by atoms with Crippen molar-refractivity contribution in [2.24, 2.45) is 0 Å². The number of hydrogen-bond donors (Lipinski definition) is 2. The number of phenolic OH excluding ortho intramolecular Hbond substituents is 2. The minimum atomic E-state index is -0.314. The summed E-state index contributed by atoms with van der Waals surface area (Å²) in [5, 5.41) is 21.0. The second-order valence-electron chi connectivity index (χ2n) is 6.25. The van der Waals surface area contributed by atoms with Gasteiger partial charge in [-0.1, -0.05) is 74.5 Å². The molecule has 116 valence electrons. The third kappa shape index (κ3) is 2.80. The van der Waals surface area contributed by atoms with E-state index in [1.54, 1.807) is 12.1 Å². The fraction of sp³-hybridized carbons (Fsp3) is 0.143. The Kier molecular flexibility index (Phi) is 3.83. The highest BCUT2D eigenvalue weighted by atomic mass is 16.3. The molecule has 0 aliphatic heterocycles. The predicted octanol–water partition coefficient (Wildman–Crippen LogP) is 5.09. The van der Waals surface area contributed by atoms with Crippen molar-refractivity contribution in [3.8, 4) is 22.6 Å². The van der Waals surface area contributed by atoms with E-state index < -0.39 is 0 Å². The Hall–Kier alpha value is -2.74. The highest BCUT2D eigenvalue weighted by Crippen LogP contribution is 2.42. The van der Waals surface area contributed by atoms with Crippen molar-refractivity contribution in [2.75, 3.05) is 0 Å². The van der Waals surface area contributed by atoms with Crippen LogP contribution in [0.4, 0.5) is 0 Å². The van der Waals surface area contributed by atoms with Crippen molar-refractivity contribution < 1.29 is 10.2 Å². The minimum absolute atomic E-state index is 0.0928. The number of aromatic hydroxyl groups is 2. The van der Waals surface area contributed by atoms with Crippen molar-refractivity contribution >= 4 is 0 Å². The molecule has 3 rings (SSSR count). The summed E-state index contributed by atoms with van der Waals surface area (Å²) in [6.07, 6.45) is 0. The summed E-state index contributed by atoms with van der Waals surface area (Å²) in [6, 6.07) is 23.0. The van der Waals surface area contributed by atoms with Gasteiger partial charge in [-0.2, -0.15) is 0 Å². The summed E-state index contributed by atoms with van der Waals surface area (Å²) < 4.78 is 0. The molecule has 0 spiro atoms. The first-order valence-electron chi connectivity index (χ1n) is 7.67. The highest BCUT2D eigenvalue weighted by molar-refractivity contribution is 5.77. The van der Waals surface area contributed by atoms with Crippen molar-refractivity contribution in [1.82, 2.24) is 0 Å². The summed E-state index contributed by atoms with van der Waals surface area (Å²) >= 11 is 0. The molecule has 0 fully saturated rings. The molecule has 0 bridgehead atoms. The van der Waals surface area contributed by atoms with E-state index in [0.29, 0.717) is 5.56 Å². The molecule has 0 unspecified atom stereocenters. The van der Waals surface area contributed by atoms with E-state index in [4.69, 9.17) is 0 Å². The quantitative estimate of drug-likeness (QED) is 0.707. The summed E-state index contributed by atoms with van der Waals surface area (Å²) in [4.78, 5) is 0. The van der Waals surface area contributed by atoms with Crippen molar-refractivity contribution in [2.45, 2.75) is 19.3 Å². The summed E-state index contributed by atoms with van der Waals surface area (Å²) in [5.74, 6) is 0.186. The maximum atomic E-state index is 10.5. The van der Waals surface area contributed by atoms with Crippen LogP contribution in [0.15, 0.2) is 72.8 Å². The molecule has 23 heavy (non-hydrogen) atoms. The lowest BCUT2D eigenvalue weighted by Crippen LogP contribution is -2.18. The molecule has 3 aromatic carbocycles. The van der Waals surface area contributed by atoms with Crippen molar-refractivity contribution in [1.29, 1.82) is 0 Å². The zero-order valence-corrected chi connectivity index (χ0v) is 13.3. The van der Waals surface area contributed by atoms with Gasteiger partial charge in [-0.25, -0.2) is 0 Å². The Bertz CT molecular complexity index is 783. The molecule has 0 heterocycles. The van der Waals surface area contributed by atoms with Gasteiger partial charge < -0.3 is 10.2 Å². The van der Waals surface area contributed by atoms with Crippen LogP contribution in [0.2, 0.25) is 0 Å². The number of benzene rings is 3. The van der Waals surface area contributed by atoms with E-state index in [2.05, 4.69) is 26.0 Å². The van der Waals surface area contributed by atoms with Crippen LogP contribution in [-0.2, 0) is 5.41 Å². The molecular weight excluding hydrogens is 284 g/mol. The SMILES string of the molecule is CC(C)(c1ccccc1)c1cc(O)c(-c2ccccc2)c(O)c1. The molecule has 2 N–H and O–H groups in total. The third-order valence-electron chi connectivity index (χ3n) is 4.38. The monoisotopic (exact) mass is 304 g/mol. The lowest BCUT2D eigenvalue weighted by atomic mass is 9.77. The van der Waals surface area contributed by atoms with Crippen LogP contribution in [0.5, 0.6) is 11.5 Å². The average molecular weight is 304 g/mol. The van der Waals surface area contributed by atoms with E-state index in [-0.39, 0.29) is 16.9 Å². The van der Waals surface area contributed by atoms with E-state index >= 15 is 0 Å². The van der Waals surface area contributed by atoms with E-state index in [9.17, 15) is 10.2 Å². The lowest BCUT2D eigenvalue weighted by molar-refractivity contribution is 0.449. The minimum Gasteiger partial charge on any atom is -0.507 e. The van der Waals surface area contributed by atoms with Crippen molar-refractivity contribution in [3.63, 3.8) is 0 Å². The second-order valence-corrected chi connectivity index (χ2v) is 6.25. The molecule has 0 aliphatic carbocycles. The molecule has 0 amide bonds. The summed E-state index contributed by atoms with van der Waals surface area (Å²) in [7, 11) is 0. The molecule has 0 atom stereocenters. The second kappa shape index (κ2) is 5.81. The van der Waals surface area contributed by atoms with Gasteiger partial charge in [-0.3, -0.25) is 0 Å². The first kappa shape index (κ1) is 15.2. The fourth-order valence-corrected chi connectivity index (χ4v) is 2.89. The Labute approximate surface area is 136 Å². The largest absolute Gasteiger partial charge is 0.507 e. The summed E-state index contributed by atoms with van der Waals surface area (Å²) in [6.45, 7) is 4.16. The molecule has 0 aromatic heterocycles. The van der Waals surface area contributed by atoms with Gasteiger partial charge in [0.1, 0.15) is 11.5 Å². The van der Waals surface area contributed by atoms with Crippen LogP contribution in [0.25, 0.3) is 11.1 Å². The van der Waals surface area contributed by atoms with Crippen LogP contribution in [0, 0.1) is 0 Å². The Morgan fingerprint density at radius 1 is 0.652 bits per heavy atom. The Morgan fingerprint density at radius 2 is 1.13 bits per heavy atom. The van der Waals surface area contributed by atoms with Gasteiger partial charge in [-0.05, 0) is 28.8 Å². The van der Waals surface area contributed by atoms with Gasteiger partial charge in [-0.15, -0.1) is 0 Å². The van der Waals surface area contributed by atoms with E-state index in [1.165, 1.54) is 0 Å². The first-order chi connectivity index (χ1) is 11.0. The lowest BCUT2D eigenvalue weighted by Gasteiger charge is -2.27. The topological polar surface area (TPSA) is 40.5 Å². The average Bonchev–Trinajstić information content (AvgIpc) is 2.56. The van der Waals surface area contributed by atoms with E-state index in [0.717, 1.165) is 16.7 Å². The van der Waals surface area contributed by atoms with Gasteiger partial charge in [0.15, 0.2) is 0 Å². The van der Waals surface area contributed by atoms with Crippen LogP contribution in [0.3, 0.4) is 0 Å². The molecule has 2 heteroatoms. The standard InChI is InChI=1S/C21H20O2/c1-21(2,16-11-7-4-8-12-16)17-13-18(22)20(19(23)14-17)15-9-5-3-6-10-15/h3-14,22-23H,1-2H3. The third-order valence-corrected chi connectivity index (χ3v) is 4.38. The smallest absolute Gasteiger partial charge is 0.127 e. The molecule has 0 aliphatic rings.